The molecule has 7 atom stereocenters. The van der Waals surface area contributed by atoms with Gasteiger partial charge in [0.05, 0.1) is 18.1 Å². The molecule has 36 heavy (non-hydrogen) atoms. The van der Waals surface area contributed by atoms with Crippen molar-refractivity contribution in [2.45, 2.75) is 102 Å². The van der Waals surface area contributed by atoms with E-state index in [9.17, 15) is 14.7 Å². The Morgan fingerprint density at radius 2 is 1.83 bits per heavy atom. The van der Waals surface area contributed by atoms with Crippen LogP contribution in [0.1, 0.15) is 69.4 Å². The first-order valence-electron chi connectivity index (χ1n) is 13.6. The van der Waals surface area contributed by atoms with Gasteiger partial charge in [0.1, 0.15) is 6.04 Å². The Kier molecular flexibility index (Phi) is 5.34. The highest BCUT2D eigenvalue weighted by molar-refractivity contribution is 5.91. The molecule has 1 saturated heterocycles. The van der Waals surface area contributed by atoms with Gasteiger partial charge in [0.25, 0.3) is 5.91 Å². The molecule has 7 heteroatoms. The molecule has 6 aliphatic rings. The zero-order chi connectivity index (χ0) is 25.5. The summed E-state index contributed by atoms with van der Waals surface area (Å²) < 4.78 is 0. The molecule has 5 aliphatic carbocycles. The summed E-state index contributed by atoms with van der Waals surface area (Å²) in [4.78, 5) is 33.4. The maximum absolute atomic E-state index is 14.3. The van der Waals surface area contributed by atoms with Crippen LogP contribution in [0.5, 0.6) is 0 Å². The lowest BCUT2D eigenvalue weighted by Crippen LogP contribution is -2.67. The maximum atomic E-state index is 14.3. The second-order valence-electron chi connectivity index (χ2n) is 13.2. The molecule has 7 rings (SSSR count). The number of likely N-dealkylation sites (tertiary alicyclic amines) is 1. The van der Waals surface area contributed by atoms with E-state index in [1.54, 1.807) is 4.90 Å². The van der Waals surface area contributed by atoms with E-state index < -0.39 is 29.3 Å². The predicted molar refractivity (Wildman–Crippen MR) is 135 cm³/mol. The standard InChI is InChI=1S/C29H38N4O3/c1-17-4-6-18(7-5-17)9-21(30)25(34)32-24(26(35)33-22-14-27(22,2)15-23(33)31-3)28-10-19-8-20(11-28)13-29(36,12-19)16-28/h4-7,19-24,36H,8-16,30H2,1-2H3,(H,32,34). The third kappa shape index (κ3) is 3.85. The summed E-state index contributed by atoms with van der Waals surface area (Å²) in [7, 11) is 0. The van der Waals surface area contributed by atoms with Crippen LogP contribution in [-0.4, -0.2) is 51.7 Å². The molecule has 1 aromatic rings. The van der Waals surface area contributed by atoms with Gasteiger partial charge in [-0.25, -0.2) is 6.57 Å². The van der Waals surface area contributed by atoms with Crippen LogP contribution in [0.15, 0.2) is 24.3 Å². The number of benzene rings is 1. The molecule has 192 valence electrons. The molecule has 2 amide bonds. The summed E-state index contributed by atoms with van der Waals surface area (Å²) in [6.07, 6.45) is 6.44. The molecule has 1 aromatic carbocycles. The number of piperidine rings is 1. The minimum Gasteiger partial charge on any atom is -0.390 e. The van der Waals surface area contributed by atoms with E-state index in [4.69, 9.17) is 12.3 Å². The molecule has 5 saturated carbocycles. The summed E-state index contributed by atoms with van der Waals surface area (Å²) in [5.41, 5.74) is 7.30. The fraction of sp³-hybridized carbons (Fsp3) is 0.690. The molecular weight excluding hydrogens is 452 g/mol. The molecule has 4 bridgehead atoms. The average Bonchev–Trinajstić information content (AvgIpc) is 3.37. The number of hydrogen-bond donors (Lipinski definition) is 3. The highest BCUT2D eigenvalue weighted by Gasteiger charge is 2.68. The van der Waals surface area contributed by atoms with Gasteiger partial charge in [-0.05, 0) is 81.1 Å². The molecular formula is C29H38N4O3. The smallest absolute Gasteiger partial charge is 0.301 e. The van der Waals surface area contributed by atoms with Crippen molar-refractivity contribution in [2.75, 3.05) is 0 Å². The van der Waals surface area contributed by atoms with Crippen molar-refractivity contribution in [1.82, 2.24) is 10.2 Å². The Morgan fingerprint density at radius 3 is 2.44 bits per heavy atom. The lowest BCUT2D eigenvalue weighted by molar-refractivity contribution is -0.182. The quantitative estimate of drug-likeness (QED) is 0.534. The zero-order valence-corrected chi connectivity index (χ0v) is 21.4. The number of aryl methyl sites for hydroxylation is 1. The maximum Gasteiger partial charge on any atom is 0.301 e. The normalized spacial score (nSPS) is 41.4. The first-order valence-corrected chi connectivity index (χ1v) is 13.6. The Morgan fingerprint density at radius 1 is 1.17 bits per heavy atom. The van der Waals surface area contributed by atoms with Crippen LogP contribution in [0.4, 0.5) is 0 Å². The molecule has 4 N–H and O–H groups in total. The second-order valence-corrected chi connectivity index (χ2v) is 13.2. The summed E-state index contributed by atoms with van der Waals surface area (Å²) in [6.45, 7) is 11.9. The summed E-state index contributed by atoms with van der Waals surface area (Å²) in [5.74, 6) is 0.301. The van der Waals surface area contributed by atoms with Gasteiger partial charge >= 0.3 is 6.17 Å². The van der Waals surface area contributed by atoms with E-state index >= 15 is 0 Å². The van der Waals surface area contributed by atoms with Gasteiger partial charge < -0.3 is 16.2 Å². The van der Waals surface area contributed by atoms with Crippen LogP contribution in [0.3, 0.4) is 0 Å². The molecule has 7 unspecified atom stereocenters. The third-order valence-electron chi connectivity index (χ3n) is 10.1. The van der Waals surface area contributed by atoms with Crippen molar-refractivity contribution in [3.05, 3.63) is 46.8 Å². The fourth-order valence-corrected chi connectivity index (χ4v) is 8.74. The van der Waals surface area contributed by atoms with E-state index in [0.717, 1.165) is 49.7 Å². The number of fused-ring (bicyclic) bond motifs is 1. The summed E-state index contributed by atoms with van der Waals surface area (Å²) in [6, 6.07) is 6.53. The number of nitrogens with two attached hydrogens (primary N) is 1. The molecule has 0 radical (unpaired) electrons. The lowest BCUT2D eigenvalue weighted by Gasteiger charge is -2.62. The van der Waals surface area contributed by atoms with Crippen molar-refractivity contribution in [3.8, 4) is 0 Å². The van der Waals surface area contributed by atoms with Crippen LogP contribution in [0.2, 0.25) is 0 Å². The number of aliphatic hydroxyl groups is 1. The molecule has 6 fully saturated rings. The molecule has 1 heterocycles. The largest absolute Gasteiger partial charge is 0.390 e. The van der Waals surface area contributed by atoms with Gasteiger partial charge in [0.15, 0.2) is 0 Å². The number of nitrogens with zero attached hydrogens (tertiary/aromatic N) is 2. The minimum absolute atomic E-state index is 0.0148. The van der Waals surface area contributed by atoms with Gasteiger partial charge in [-0.15, -0.1) is 0 Å². The van der Waals surface area contributed by atoms with Crippen molar-refractivity contribution >= 4 is 11.8 Å². The van der Waals surface area contributed by atoms with Crippen LogP contribution >= 0.6 is 0 Å². The minimum atomic E-state index is -0.776. The highest BCUT2D eigenvalue weighted by Crippen LogP contribution is 2.64. The SMILES string of the molecule is [C-]#[N+]C1CC2(C)CC2N1C(=O)C(NC(=O)C(N)Cc1ccc(C)cc1)C12CC3CC(CC(O)(C3)C1)C2. The van der Waals surface area contributed by atoms with Crippen LogP contribution < -0.4 is 11.1 Å². The predicted octanol–water partition coefficient (Wildman–Crippen LogP) is 2.94. The number of amides is 2. The van der Waals surface area contributed by atoms with Crippen LogP contribution in [0.25, 0.3) is 4.85 Å². The monoisotopic (exact) mass is 490 g/mol. The molecule has 0 aromatic heterocycles. The number of nitrogens with one attached hydrogen (secondary N) is 1. The Bertz CT molecular complexity index is 1110. The van der Waals surface area contributed by atoms with E-state index in [1.807, 2.05) is 31.2 Å². The van der Waals surface area contributed by atoms with E-state index in [2.05, 4.69) is 17.1 Å². The zero-order valence-electron chi connectivity index (χ0n) is 21.4. The topological polar surface area (TPSA) is 100 Å². The first kappa shape index (κ1) is 23.9. The summed E-state index contributed by atoms with van der Waals surface area (Å²) in [5, 5.41) is 14.5. The molecule has 1 aliphatic heterocycles. The Labute approximate surface area is 213 Å². The number of hydrogen-bond acceptors (Lipinski definition) is 4. The van der Waals surface area contributed by atoms with Crippen LogP contribution in [0, 0.1) is 36.2 Å². The Hall–Kier alpha value is -2.43. The molecule has 0 spiro atoms. The lowest BCUT2D eigenvalue weighted by atomic mass is 9.46. The number of carbonyl (C=O) groups excluding carboxylic acids is 2. The fourth-order valence-electron chi connectivity index (χ4n) is 8.74. The van der Waals surface area contributed by atoms with E-state index in [1.165, 1.54) is 0 Å². The highest BCUT2D eigenvalue weighted by atomic mass is 16.3. The Balaban J connectivity index is 1.29. The third-order valence-corrected chi connectivity index (χ3v) is 10.1. The first-order chi connectivity index (χ1) is 17.0. The molecule has 7 nitrogen and oxygen atoms in total. The van der Waals surface area contributed by atoms with Gasteiger partial charge in [0, 0.05) is 11.5 Å². The summed E-state index contributed by atoms with van der Waals surface area (Å²) >= 11 is 0. The van der Waals surface area contributed by atoms with Gasteiger partial charge in [-0.2, -0.15) is 0 Å². The number of carbonyl (C=O) groups is 2. The van der Waals surface area contributed by atoms with E-state index in [0.29, 0.717) is 31.1 Å². The second kappa shape index (κ2) is 8.03. The van der Waals surface area contributed by atoms with Gasteiger partial charge in [-0.1, -0.05) is 36.8 Å². The van der Waals surface area contributed by atoms with Gasteiger partial charge in [-0.3, -0.25) is 19.3 Å². The van der Waals surface area contributed by atoms with E-state index in [-0.39, 0.29) is 23.3 Å². The average molecular weight is 491 g/mol. The van der Waals surface area contributed by atoms with Crippen LogP contribution in [-0.2, 0) is 16.0 Å². The van der Waals surface area contributed by atoms with Crippen molar-refractivity contribution < 1.29 is 14.7 Å². The van der Waals surface area contributed by atoms with Crippen molar-refractivity contribution in [1.29, 1.82) is 0 Å². The van der Waals surface area contributed by atoms with Crippen molar-refractivity contribution in [3.63, 3.8) is 0 Å². The van der Waals surface area contributed by atoms with Crippen molar-refractivity contribution in [2.24, 2.45) is 28.4 Å². The number of rotatable bonds is 6. The van der Waals surface area contributed by atoms with Gasteiger partial charge in [0.2, 0.25) is 5.91 Å².